The molecule has 1 heterocycles. The first kappa shape index (κ1) is 14.7. The molecule has 0 amide bonds. The molecule has 1 aromatic rings. The van der Waals surface area contributed by atoms with E-state index in [1.165, 1.54) is 6.20 Å². The van der Waals surface area contributed by atoms with Crippen molar-refractivity contribution in [3.8, 4) is 17.6 Å². The van der Waals surface area contributed by atoms with Gasteiger partial charge >= 0.3 is 5.97 Å². The average molecular weight is 288 g/mol. The summed E-state index contributed by atoms with van der Waals surface area (Å²) in [5.41, 5.74) is 0.597. The number of fused-ring (bicyclic) bond motifs is 1. The van der Waals surface area contributed by atoms with Gasteiger partial charge in [0.05, 0.1) is 19.8 Å². The van der Waals surface area contributed by atoms with Crippen LogP contribution in [-0.2, 0) is 9.53 Å². The molecule has 110 valence electrons. The van der Waals surface area contributed by atoms with Crippen molar-refractivity contribution >= 4 is 11.7 Å². The minimum Gasteiger partial charge on any atom is -0.490 e. The predicted octanol–water partition coefficient (Wildman–Crippen LogP) is 2.23. The van der Waals surface area contributed by atoms with E-state index in [-0.39, 0.29) is 12.2 Å². The molecule has 0 aromatic heterocycles. The molecule has 0 radical (unpaired) electrons. The Labute approximate surface area is 122 Å². The molecule has 1 aromatic carbocycles. The van der Waals surface area contributed by atoms with Crippen LogP contribution >= 0.6 is 0 Å². The Kier molecular flexibility index (Phi) is 5.04. The highest BCUT2D eigenvalue weighted by molar-refractivity contribution is 5.93. The number of nitrogens with zero attached hydrogens (tertiary/aromatic N) is 1. The Bertz CT molecular complexity index is 590. The van der Waals surface area contributed by atoms with Crippen molar-refractivity contribution in [2.75, 3.05) is 25.1 Å². The van der Waals surface area contributed by atoms with Crippen LogP contribution in [0.5, 0.6) is 11.5 Å². The van der Waals surface area contributed by atoms with Crippen LogP contribution in [0.25, 0.3) is 0 Å². The van der Waals surface area contributed by atoms with Crippen molar-refractivity contribution in [3.63, 3.8) is 0 Å². The van der Waals surface area contributed by atoms with Gasteiger partial charge in [0.15, 0.2) is 17.1 Å². The zero-order valence-corrected chi connectivity index (χ0v) is 11.7. The van der Waals surface area contributed by atoms with Crippen molar-refractivity contribution in [2.24, 2.45) is 0 Å². The van der Waals surface area contributed by atoms with Gasteiger partial charge in [-0.3, -0.25) is 0 Å². The molecule has 1 aliphatic heterocycles. The first-order valence-electron chi connectivity index (χ1n) is 6.68. The number of nitriles is 1. The minimum atomic E-state index is -0.651. The Balaban J connectivity index is 2.11. The predicted molar refractivity (Wildman–Crippen MR) is 76.0 cm³/mol. The molecule has 0 saturated carbocycles. The smallest absolute Gasteiger partial charge is 0.350 e. The van der Waals surface area contributed by atoms with Crippen LogP contribution in [0.1, 0.15) is 13.3 Å². The van der Waals surface area contributed by atoms with Gasteiger partial charge in [0.2, 0.25) is 0 Å². The van der Waals surface area contributed by atoms with Gasteiger partial charge in [-0.2, -0.15) is 5.26 Å². The number of ether oxygens (including phenoxy) is 3. The van der Waals surface area contributed by atoms with Gasteiger partial charge in [-0.1, -0.05) is 0 Å². The molecule has 0 unspecified atom stereocenters. The normalized spacial score (nSPS) is 13.8. The van der Waals surface area contributed by atoms with E-state index in [1.807, 2.05) is 0 Å². The third-order valence-corrected chi connectivity index (χ3v) is 2.75. The van der Waals surface area contributed by atoms with Crippen LogP contribution in [0.3, 0.4) is 0 Å². The van der Waals surface area contributed by atoms with E-state index < -0.39 is 5.97 Å². The Morgan fingerprint density at radius 1 is 1.43 bits per heavy atom. The maximum absolute atomic E-state index is 11.5. The molecule has 6 heteroatoms. The molecule has 0 fully saturated rings. The van der Waals surface area contributed by atoms with Gasteiger partial charge in [0.25, 0.3) is 0 Å². The van der Waals surface area contributed by atoms with Crippen LogP contribution in [0.2, 0.25) is 0 Å². The summed E-state index contributed by atoms with van der Waals surface area (Å²) in [6.45, 7) is 3.13. The largest absolute Gasteiger partial charge is 0.490 e. The maximum Gasteiger partial charge on any atom is 0.350 e. The second kappa shape index (κ2) is 7.20. The second-order valence-corrected chi connectivity index (χ2v) is 4.25. The molecule has 0 atom stereocenters. The van der Waals surface area contributed by atoms with Gasteiger partial charge in [-0.25, -0.2) is 4.79 Å². The second-order valence-electron chi connectivity index (χ2n) is 4.25. The molecule has 0 bridgehead atoms. The van der Waals surface area contributed by atoms with E-state index in [9.17, 15) is 4.79 Å². The highest BCUT2D eigenvalue weighted by atomic mass is 16.5. The summed E-state index contributed by atoms with van der Waals surface area (Å²) in [5.74, 6) is 0.676. The summed E-state index contributed by atoms with van der Waals surface area (Å²) in [6.07, 6.45) is 2.15. The summed E-state index contributed by atoms with van der Waals surface area (Å²) in [5, 5.41) is 11.8. The van der Waals surface area contributed by atoms with E-state index in [2.05, 4.69) is 5.32 Å². The fraction of sp³-hybridized carbons (Fsp3) is 0.333. The Morgan fingerprint density at radius 2 is 2.19 bits per heavy atom. The molecular formula is C15H16N2O4. The van der Waals surface area contributed by atoms with E-state index in [1.54, 1.807) is 31.2 Å². The lowest BCUT2D eigenvalue weighted by Gasteiger charge is -2.09. The summed E-state index contributed by atoms with van der Waals surface area (Å²) in [4.78, 5) is 11.5. The summed E-state index contributed by atoms with van der Waals surface area (Å²) < 4.78 is 15.9. The van der Waals surface area contributed by atoms with Crippen LogP contribution < -0.4 is 14.8 Å². The molecule has 0 spiro atoms. The zero-order chi connectivity index (χ0) is 15.1. The standard InChI is InChI=1S/C15H16N2O4/c1-2-19-15(18)11(9-16)10-17-12-4-5-13-14(8-12)21-7-3-6-20-13/h4-5,8,10,17H,2-3,6-7H2,1H3/b11-10+. The van der Waals surface area contributed by atoms with Gasteiger partial charge < -0.3 is 19.5 Å². The van der Waals surface area contributed by atoms with Gasteiger partial charge in [0, 0.05) is 24.4 Å². The van der Waals surface area contributed by atoms with E-state index >= 15 is 0 Å². The van der Waals surface area contributed by atoms with Crippen LogP contribution in [0.4, 0.5) is 5.69 Å². The number of carbonyl (C=O) groups is 1. The highest BCUT2D eigenvalue weighted by Crippen LogP contribution is 2.32. The zero-order valence-electron chi connectivity index (χ0n) is 11.7. The Morgan fingerprint density at radius 3 is 2.90 bits per heavy atom. The fourth-order valence-corrected chi connectivity index (χ4v) is 1.75. The monoisotopic (exact) mass is 288 g/mol. The number of rotatable bonds is 4. The lowest BCUT2D eigenvalue weighted by Crippen LogP contribution is -2.07. The number of anilines is 1. The van der Waals surface area contributed by atoms with E-state index in [4.69, 9.17) is 19.5 Å². The van der Waals surface area contributed by atoms with Crippen LogP contribution in [-0.4, -0.2) is 25.8 Å². The average Bonchev–Trinajstić information content (AvgIpc) is 2.73. The van der Waals surface area contributed by atoms with Crippen molar-refractivity contribution in [1.29, 1.82) is 5.26 Å². The lowest BCUT2D eigenvalue weighted by molar-refractivity contribution is -0.138. The van der Waals surface area contributed by atoms with E-state index in [0.717, 1.165) is 6.42 Å². The summed E-state index contributed by atoms with van der Waals surface area (Å²) in [6, 6.07) is 7.13. The van der Waals surface area contributed by atoms with Crippen molar-refractivity contribution in [1.82, 2.24) is 0 Å². The minimum absolute atomic E-state index is 0.0936. The molecule has 2 rings (SSSR count). The number of esters is 1. The van der Waals surface area contributed by atoms with Crippen molar-refractivity contribution in [2.45, 2.75) is 13.3 Å². The molecule has 1 N–H and O–H groups in total. The Hall–Kier alpha value is -2.68. The first-order chi connectivity index (χ1) is 10.2. The number of nitrogens with one attached hydrogen (secondary N) is 1. The van der Waals surface area contributed by atoms with Gasteiger partial charge in [-0.05, 0) is 19.1 Å². The molecule has 21 heavy (non-hydrogen) atoms. The van der Waals surface area contributed by atoms with E-state index in [0.29, 0.717) is 30.4 Å². The first-order valence-corrected chi connectivity index (χ1v) is 6.68. The SMILES string of the molecule is CCOC(=O)/C(C#N)=C/Nc1ccc2c(c1)OCCCO2. The third kappa shape index (κ3) is 3.89. The molecule has 0 aliphatic carbocycles. The third-order valence-electron chi connectivity index (χ3n) is 2.75. The van der Waals surface area contributed by atoms with Crippen LogP contribution in [0, 0.1) is 11.3 Å². The molecular weight excluding hydrogens is 272 g/mol. The topological polar surface area (TPSA) is 80.6 Å². The van der Waals surface area contributed by atoms with Crippen LogP contribution in [0.15, 0.2) is 30.0 Å². The van der Waals surface area contributed by atoms with Crippen molar-refractivity contribution in [3.05, 3.63) is 30.0 Å². The highest BCUT2D eigenvalue weighted by Gasteiger charge is 2.12. The summed E-state index contributed by atoms with van der Waals surface area (Å²) >= 11 is 0. The molecule has 6 nitrogen and oxygen atoms in total. The number of carbonyl (C=O) groups excluding carboxylic acids is 1. The van der Waals surface area contributed by atoms with Gasteiger partial charge in [0.1, 0.15) is 6.07 Å². The fourth-order valence-electron chi connectivity index (χ4n) is 1.75. The summed E-state index contributed by atoms with van der Waals surface area (Å²) in [7, 11) is 0. The number of benzene rings is 1. The van der Waals surface area contributed by atoms with Gasteiger partial charge in [-0.15, -0.1) is 0 Å². The quantitative estimate of drug-likeness (QED) is 0.520. The number of hydrogen-bond acceptors (Lipinski definition) is 6. The molecule has 0 saturated heterocycles. The molecule has 1 aliphatic rings. The van der Waals surface area contributed by atoms with Crippen molar-refractivity contribution < 1.29 is 19.0 Å². The number of hydrogen-bond donors (Lipinski definition) is 1. The lowest BCUT2D eigenvalue weighted by atomic mass is 10.2. The maximum atomic E-state index is 11.5.